The lowest BCUT2D eigenvalue weighted by Crippen LogP contribution is -2.29. The highest BCUT2D eigenvalue weighted by atomic mass is 16.5. The molecule has 194 valence electrons. The van der Waals surface area contributed by atoms with Crippen LogP contribution in [0.5, 0.6) is 5.75 Å². The summed E-state index contributed by atoms with van der Waals surface area (Å²) in [4.78, 5) is 22.4. The van der Waals surface area contributed by atoms with E-state index in [0.29, 0.717) is 6.61 Å². The van der Waals surface area contributed by atoms with E-state index in [4.69, 9.17) is 9.72 Å². The van der Waals surface area contributed by atoms with Gasteiger partial charge in [0.15, 0.2) is 0 Å². The van der Waals surface area contributed by atoms with E-state index in [1.165, 1.54) is 56.3 Å². The summed E-state index contributed by atoms with van der Waals surface area (Å²) in [6, 6.07) is 8.23. The second-order valence-corrected chi connectivity index (χ2v) is 10.3. The Hall–Kier alpha value is -3.98. The predicted octanol–water partition coefficient (Wildman–Crippen LogP) is 5.03. The molecular formula is C29H32N8O. The Labute approximate surface area is 221 Å². The Morgan fingerprint density at radius 2 is 1.68 bits per heavy atom. The monoisotopic (exact) mass is 508 g/mol. The number of rotatable bonds is 7. The van der Waals surface area contributed by atoms with E-state index in [9.17, 15) is 0 Å². The van der Waals surface area contributed by atoms with Crippen LogP contribution in [0.15, 0.2) is 49.1 Å². The summed E-state index contributed by atoms with van der Waals surface area (Å²) in [6.45, 7) is 6.11. The van der Waals surface area contributed by atoms with Crippen molar-refractivity contribution in [2.24, 2.45) is 0 Å². The number of nitrogens with zero attached hydrogens (tertiary/aromatic N) is 6. The third kappa shape index (κ3) is 4.47. The Kier molecular flexibility index (Phi) is 6.13. The van der Waals surface area contributed by atoms with E-state index in [1.807, 2.05) is 36.8 Å². The van der Waals surface area contributed by atoms with Gasteiger partial charge in [-0.25, -0.2) is 4.98 Å². The first-order chi connectivity index (χ1) is 18.8. The van der Waals surface area contributed by atoms with Crippen LogP contribution < -0.4 is 9.64 Å². The molecule has 5 aromatic rings. The average molecular weight is 509 g/mol. The van der Waals surface area contributed by atoms with Crippen LogP contribution in [0, 0.1) is 0 Å². The summed E-state index contributed by atoms with van der Waals surface area (Å²) < 4.78 is 6.03. The molecule has 0 spiro atoms. The van der Waals surface area contributed by atoms with E-state index in [0.717, 1.165) is 64.6 Å². The highest BCUT2D eigenvalue weighted by molar-refractivity contribution is 5.98. The molecule has 9 nitrogen and oxygen atoms in total. The van der Waals surface area contributed by atoms with Gasteiger partial charge in [-0.1, -0.05) is 0 Å². The second kappa shape index (κ2) is 10.1. The number of aromatic amines is 2. The smallest absolute Gasteiger partial charge is 0.138 e. The Morgan fingerprint density at radius 3 is 2.58 bits per heavy atom. The van der Waals surface area contributed by atoms with E-state index >= 15 is 0 Å². The van der Waals surface area contributed by atoms with E-state index in [1.54, 1.807) is 6.20 Å². The van der Waals surface area contributed by atoms with Gasteiger partial charge in [0, 0.05) is 36.8 Å². The van der Waals surface area contributed by atoms with E-state index < -0.39 is 0 Å². The summed E-state index contributed by atoms with van der Waals surface area (Å²) in [5.74, 6) is 0.768. The van der Waals surface area contributed by atoms with Gasteiger partial charge in [0.25, 0.3) is 0 Å². The molecule has 0 bridgehead atoms. The maximum atomic E-state index is 6.03. The Morgan fingerprint density at radius 1 is 0.842 bits per heavy atom. The van der Waals surface area contributed by atoms with Crippen molar-refractivity contribution in [2.75, 3.05) is 44.2 Å². The number of fused-ring (bicyclic) bond motifs is 2. The van der Waals surface area contributed by atoms with Crippen molar-refractivity contribution in [3.8, 4) is 28.4 Å². The van der Waals surface area contributed by atoms with Crippen LogP contribution in [0.4, 0.5) is 5.69 Å². The van der Waals surface area contributed by atoms with Crippen molar-refractivity contribution < 1.29 is 4.74 Å². The standard InChI is InChI=1S/C29H32N8O/c1-2-10-37(11-3-1)27-19-31-18-26-22(27)15-25(32-26)29-28-24(34-35-29)7-6-23(33-28)20-14-21(17-30-16-20)38-13-12-36-8-4-5-9-36/h6-7,14-19,32H,1-5,8-13H2,(H,34,35). The van der Waals surface area contributed by atoms with Gasteiger partial charge < -0.3 is 14.6 Å². The van der Waals surface area contributed by atoms with Crippen molar-refractivity contribution in [2.45, 2.75) is 32.1 Å². The zero-order chi connectivity index (χ0) is 25.3. The summed E-state index contributed by atoms with van der Waals surface area (Å²) in [5.41, 5.74) is 7.40. The molecule has 7 rings (SSSR count). The quantitative estimate of drug-likeness (QED) is 0.318. The summed E-state index contributed by atoms with van der Waals surface area (Å²) in [7, 11) is 0. The zero-order valence-corrected chi connectivity index (χ0v) is 21.5. The van der Waals surface area contributed by atoms with Crippen LogP contribution in [-0.4, -0.2) is 74.4 Å². The number of hydrogen-bond donors (Lipinski definition) is 2. The highest BCUT2D eigenvalue weighted by Crippen LogP contribution is 2.34. The molecule has 2 fully saturated rings. The molecule has 5 aromatic heterocycles. The first kappa shape index (κ1) is 23.2. The van der Waals surface area contributed by atoms with Crippen LogP contribution >= 0.6 is 0 Å². The minimum Gasteiger partial charge on any atom is -0.491 e. The van der Waals surface area contributed by atoms with E-state index in [2.05, 4.69) is 41.0 Å². The fourth-order valence-corrected chi connectivity index (χ4v) is 5.73. The molecule has 2 saturated heterocycles. The molecule has 0 atom stereocenters. The highest BCUT2D eigenvalue weighted by Gasteiger charge is 2.19. The van der Waals surface area contributed by atoms with Crippen molar-refractivity contribution in [1.82, 2.24) is 35.0 Å². The van der Waals surface area contributed by atoms with Gasteiger partial charge in [-0.05, 0) is 69.5 Å². The van der Waals surface area contributed by atoms with Crippen LogP contribution in [0.3, 0.4) is 0 Å². The largest absolute Gasteiger partial charge is 0.491 e. The number of ether oxygens (including phenoxy) is 1. The van der Waals surface area contributed by atoms with Crippen molar-refractivity contribution >= 4 is 27.6 Å². The van der Waals surface area contributed by atoms with Crippen molar-refractivity contribution in [3.05, 3.63) is 49.1 Å². The lowest BCUT2D eigenvalue weighted by molar-refractivity contribution is 0.237. The van der Waals surface area contributed by atoms with Crippen LogP contribution in [0.25, 0.3) is 44.6 Å². The minimum absolute atomic E-state index is 0.665. The molecule has 0 aliphatic carbocycles. The molecule has 0 unspecified atom stereocenters. The number of H-pyrrole nitrogens is 2. The average Bonchev–Trinajstić information content (AvgIpc) is 3.73. The second-order valence-electron chi connectivity index (χ2n) is 10.3. The number of hydrogen-bond acceptors (Lipinski definition) is 7. The van der Waals surface area contributed by atoms with Gasteiger partial charge in [-0.15, -0.1) is 0 Å². The summed E-state index contributed by atoms with van der Waals surface area (Å²) >= 11 is 0. The number of piperidine rings is 1. The van der Waals surface area contributed by atoms with Gasteiger partial charge in [0.05, 0.1) is 46.7 Å². The zero-order valence-electron chi connectivity index (χ0n) is 21.5. The molecular weight excluding hydrogens is 476 g/mol. The fraction of sp³-hybridized carbons (Fsp3) is 0.379. The molecule has 0 aromatic carbocycles. The lowest BCUT2D eigenvalue weighted by atomic mass is 10.1. The third-order valence-electron chi connectivity index (χ3n) is 7.77. The number of likely N-dealkylation sites (tertiary alicyclic amines) is 1. The Bertz CT molecular complexity index is 1560. The van der Waals surface area contributed by atoms with Crippen LogP contribution in [0.1, 0.15) is 32.1 Å². The topological polar surface area (TPSA) is 98.9 Å². The van der Waals surface area contributed by atoms with Crippen molar-refractivity contribution in [3.63, 3.8) is 0 Å². The van der Waals surface area contributed by atoms with Gasteiger partial charge in [-0.2, -0.15) is 5.10 Å². The van der Waals surface area contributed by atoms with Gasteiger partial charge in [-0.3, -0.25) is 20.0 Å². The molecule has 0 saturated carbocycles. The number of aromatic nitrogens is 6. The molecule has 9 heteroatoms. The molecule has 2 aliphatic rings. The molecule has 2 aliphatic heterocycles. The molecule has 38 heavy (non-hydrogen) atoms. The third-order valence-corrected chi connectivity index (χ3v) is 7.77. The number of pyridine rings is 3. The van der Waals surface area contributed by atoms with Gasteiger partial charge >= 0.3 is 0 Å². The van der Waals surface area contributed by atoms with Gasteiger partial charge in [0.2, 0.25) is 0 Å². The fourth-order valence-electron chi connectivity index (χ4n) is 5.73. The first-order valence-electron chi connectivity index (χ1n) is 13.7. The first-order valence-corrected chi connectivity index (χ1v) is 13.7. The summed E-state index contributed by atoms with van der Waals surface area (Å²) in [5, 5.41) is 8.96. The van der Waals surface area contributed by atoms with Crippen LogP contribution in [0.2, 0.25) is 0 Å². The summed E-state index contributed by atoms with van der Waals surface area (Å²) in [6.07, 6.45) is 13.8. The van der Waals surface area contributed by atoms with E-state index in [-0.39, 0.29) is 0 Å². The van der Waals surface area contributed by atoms with Crippen molar-refractivity contribution in [1.29, 1.82) is 0 Å². The maximum absolute atomic E-state index is 6.03. The predicted molar refractivity (Wildman–Crippen MR) is 149 cm³/mol. The maximum Gasteiger partial charge on any atom is 0.138 e. The number of anilines is 1. The molecule has 7 heterocycles. The normalized spacial score (nSPS) is 16.6. The lowest BCUT2D eigenvalue weighted by Gasteiger charge is -2.28. The SMILES string of the molecule is c1ncc(-c2ccc3[nH]nc(-c4cc5c(N6CCCCC6)cncc5[nH]4)c3n2)cc1OCCN1CCCC1. The minimum atomic E-state index is 0.665. The molecule has 0 amide bonds. The molecule has 0 radical (unpaired) electrons. The van der Waals surface area contributed by atoms with Gasteiger partial charge in [0.1, 0.15) is 23.6 Å². The van der Waals surface area contributed by atoms with Crippen LogP contribution in [-0.2, 0) is 0 Å². The Balaban J connectivity index is 1.18. The molecule has 2 N–H and O–H groups in total. The number of nitrogens with one attached hydrogen (secondary N) is 2.